The van der Waals surface area contributed by atoms with Gasteiger partial charge in [-0.3, -0.25) is 13.5 Å². The molecule has 0 radical (unpaired) electrons. The Morgan fingerprint density at radius 3 is 3.08 bits per heavy atom. The second kappa shape index (κ2) is 2.23. The molecule has 0 aromatic rings. The molecular formula is C9H6N2OS. The molecule has 1 heterocycles. The summed E-state index contributed by atoms with van der Waals surface area (Å²) in [5.41, 5.74) is 3.79. The highest BCUT2D eigenvalue weighted by Gasteiger charge is 2.18. The maximum Gasteiger partial charge on any atom is 0.188 e. The van der Waals surface area contributed by atoms with Crippen molar-refractivity contribution < 1.29 is 0 Å². The van der Waals surface area contributed by atoms with Gasteiger partial charge in [-0.2, -0.15) is 0 Å². The zero-order valence-corrected chi connectivity index (χ0v) is 7.44. The molecule has 4 heteroatoms. The first kappa shape index (κ1) is 6.91. The van der Waals surface area contributed by atoms with Crippen molar-refractivity contribution in [2.24, 2.45) is 0 Å². The first-order valence-electron chi connectivity index (χ1n) is 3.93. The summed E-state index contributed by atoms with van der Waals surface area (Å²) < 4.78 is 6.15. The highest BCUT2D eigenvalue weighted by molar-refractivity contribution is 6.99. The molecule has 0 saturated carbocycles. The van der Waals surface area contributed by atoms with Crippen LogP contribution in [-0.2, 0) is 0 Å². The van der Waals surface area contributed by atoms with Gasteiger partial charge in [0.1, 0.15) is 0 Å². The molecule has 2 N–H and O–H groups in total. The number of hydrogen-bond acceptors (Lipinski definition) is 2. The van der Waals surface area contributed by atoms with E-state index in [0.717, 1.165) is 22.5 Å². The predicted octanol–water partition coefficient (Wildman–Crippen LogP) is 1.97. The summed E-state index contributed by atoms with van der Waals surface area (Å²) in [6.07, 6.45) is 0. The lowest BCUT2D eigenvalue weighted by Gasteiger charge is -1.94. The van der Waals surface area contributed by atoms with E-state index in [4.69, 9.17) is 0 Å². The third kappa shape index (κ3) is 0.805. The molecule has 3 nitrogen and oxygen atoms in total. The summed E-state index contributed by atoms with van der Waals surface area (Å²) in [4.78, 5) is 11.5. The van der Waals surface area contributed by atoms with E-state index in [0.29, 0.717) is 0 Å². The van der Waals surface area contributed by atoms with Crippen LogP contribution in [0.5, 0.6) is 0 Å². The topological polar surface area (TPSA) is 48.6 Å². The Kier molecular flexibility index (Phi) is 1.19. The zero-order chi connectivity index (χ0) is 8.84. The van der Waals surface area contributed by atoms with Crippen LogP contribution in [-0.4, -0.2) is 8.75 Å². The molecule has 0 spiro atoms. The van der Waals surface area contributed by atoms with Crippen LogP contribution in [0, 0.1) is 0 Å². The number of H-pyrrole nitrogens is 2. The van der Waals surface area contributed by atoms with Gasteiger partial charge in [-0.15, -0.1) is 0 Å². The van der Waals surface area contributed by atoms with E-state index in [2.05, 4.69) is 8.75 Å². The molecule has 3 rings (SSSR count). The van der Waals surface area contributed by atoms with Gasteiger partial charge in [-0.1, -0.05) is 12.1 Å². The van der Waals surface area contributed by atoms with Gasteiger partial charge in [-0.05, 0) is 17.7 Å². The van der Waals surface area contributed by atoms with Crippen molar-refractivity contribution in [2.75, 3.05) is 0 Å². The lowest BCUT2D eigenvalue weighted by atomic mass is 10.1. The van der Waals surface area contributed by atoms with Gasteiger partial charge in [0.15, 0.2) is 5.43 Å². The van der Waals surface area contributed by atoms with Crippen molar-refractivity contribution in [3.63, 3.8) is 0 Å². The molecular weight excluding hydrogens is 184 g/mol. The van der Waals surface area contributed by atoms with Gasteiger partial charge >= 0.3 is 0 Å². The minimum absolute atomic E-state index is 0.0792. The smallest absolute Gasteiger partial charge is 0.188 e. The largest absolute Gasteiger partial charge is 0.295 e. The highest BCUT2D eigenvalue weighted by atomic mass is 32.1. The fourth-order valence-electron chi connectivity index (χ4n) is 1.62. The average Bonchev–Trinajstić information content (AvgIpc) is 2.62. The third-order valence-corrected chi connectivity index (χ3v) is 2.82. The summed E-state index contributed by atoms with van der Waals surface area (Å²) in [6, 6.07) is 7.31. The maximum atomic E-state index is 11.5. The molecule has 0 saturated heterocycles. The van der Waals surface area contributed by atoms with Crippen LogP contribution >= 0.6 is 11.7 Å². The molecule has 2 aliphatic carbocycles. The van der Waals surface area contributed by atoms with Crippen molar-refractivity contribution in [3.8, 4) is 22.5 Å². The van der Waals surface area contributed by atoms with Crippen molar-refractivity contribution >= 4 is 11.7 Å². The third-order valence-electron chi connectivity index (χ3n) is 2.19. The van der Waals surface area contributed by atoms with E-state index in [1.54, 1.807) is 12.1 Å². The number of hydrogen-bond donors (Lipinski definition) is 2. The van der Waals surface area contributed by atoms with Gasteiger partial charge in [0.05, 0.1) is 17.0 Å². The fourth-order valence-corrected chi connectivity index (χ4v) is 2.25. The van der Waals surface area contributed by atoms with Crippen LogP contribution in [0.15, 0.2) is 29.1 Å². The summed E-state index contributed by atoms with van der Waals surface area (Å²) in [6.45, 7) is 0. The Morgan fingerprint density at radius 2 is 2.15 bits per heavy atom. The number of nitrogens with one attached hydrogen (secondary N) is 2. The molecule has 0 bridgehead atoms. The molecule has 13 heavy (non-hydrogen) atoms. The molecule has 64 valence electrons. The standard InChI is InChI=1S/C9H6N2OS/c12-7-3-1-2-5-4-6-9(8(5)7)11-13-10-6/h1-4,10-11H. The van der Waals surface area contributed by atoms with Gasteiger partial charge in [0.2, 0.25) is 0 Å². The summed E-state index contributed by atoms with van der Waals surface area (Å²) in [5.74, 6) is 0. The molecule has 0 unspecified atom stereocenters. The zero-order valence-electron chi connectivity index (χ0n) is 6.63. The maximum absolute atomic E-state index is 11.5. The Hall–Kier alpha value is -1.55. The SMILES string of the molecule is O=c1cccc2cc3[nH]s[nH]c-3c1-2. The molecule has 0 aromatic heterocycles. The summed E-state index contributed by atoms with van der Waals surface area (Å²) in [5, 5.41) is 0. The number of aromatic nitrogens is 2. The van der Waals surface area contributed by atoms with Crippen LogP contribution < -0.4 is 5.43 Å². The van der Waals surface area contributed by atoms with Crippen LogP contribution in [0.4, 0.5) is 0 Å². The minimum atomic E-state index is 0.0792. The van der Waals surface area contributed by atoms with E-state index >= 15 is 0 Å². The molecule has 0 aromatic carbocycles. The second-order valence-corrected chi connectivity index (χ2v) is 3.57. The van der Waals surface area contributed by atoms with Crippen molar-refractivity contribution in [3.05, 3.63) is 34.5 Å². The highest BCUT2D eigenvalue weighted by Crippen LogP contribution is 2.34. The average molecular weight is 190 g/mol. The molecule has 1 aliphatic heterocycles. The first-order valence-corrected chi connectivity index (χ1v) is 4.75. The quantitative estimate of drug-likeness (QED) is 0.559. The van der Waals surface area contributed by atoms with Gasteiger partial charge in [0.25, 0.3) is 0 Å². The number of aromatic amines is 2. The lowest BCUT2D eigenvalue weighted by molar-refractivity contribution is 1.51. The molecule has 0 amide bonds. The molecule has 3 aliphatic rings. The Morgan fingerprint density at radius 1 is 1.23 bits per heavy atom. The molecule has 0 atom stereocenters. The van der Waals surface area contributed by atoms with Crippen LogP contribution in [0.25, 0.3) is 22.5 Å². The van der Waals surface area contributed by atoms with Crippen LogP contribution in [0.3, 0.4) is 0 Å². The van der Waals surface area contributed by atoms with Crippen molar-refractivity contribution in [1.29, 1.82) is 0 Å². The normalized spacial score (nSPS) is 11.4. The van der Waals surface area contributed by atoms with E-state index in [1.807, 2.05) is 12.1 Å². The van der Waals surface area contributed by atoms with Crippen LogP contribution in [0.1, 0.15) is 0 Å². The van der Waals surface area contributed by atoms with Gasteiger partial charge < -0.3 is 0 Å². The van der Waals surface area contributed by atoms with E-state index in [1.165, 1.54) is 11.7 Å². The summed E-state index contributed by atoms with van der Waals surface area (Å²) in [7, 11) is 0. The Labute approximate surface area is 78.0 Å². The fraction of sp³-hybridized carbons (Fsp3) is 0. The minimum Gasteiger partial charge on any atom is -0.295 e. The van der Waals surface area contributed by atoms with E-state index in [9.17, 15) is 4.79 Å². The number of benzene rings is 1. The van der Waals surface area contributed by atoms with Gasteiger partial charge in [0, 0.05) is 11.7 Å². The Bertz CT molecular complexity index is 547. The second-order valence-electron chi connectivity index (χ2n) is 2.96. The first-order chi connectivity index (χ1) is 6.36. The van der Waals surface area contributed by atoms with Gasteiger partial charge in [-0.25, -0.2) is 0 Å². The van der Waals surface area contributed by atoms with Crippen molar-refractivity contribution in [1.82, 2.24) is 8.75 Å². The van der Waals surface area contributed by atoms with Crippen molar-refractivity contribution in [2.45, 2.75) is 0 Å². The van der Waals surface area contributed by atoms with Crippen LogP contribution in [0.2, 0.25) is 0 Å². The predicted molar refractivity (Wildman–Crippen MR) is 52.5 cm³/mol. The van der Waals surface area contributed by atoms with E-state index in [-0.39, 0.29) is 5.43 Å². The lowest BCUT2D eigenvalue weighted by Crippen LogP contribution is -2.01. The number of fused-ring (bicyclic) bond motifs is 3. The molecule has 0 fully saturated rings. The van der Waals surface area contributed by atoms with E-state index < -0.39 is 0 Å². The monoisotopic (exact) mass is 190 g/mol. The summed E-state index contributed by atoms with van der Waals surface area (Å²) >= 11 is 1.39. The Balaban J connectivity index is 2.58. The number of rotatable bonds is 0.